The van der Waals surface area contributed by atoms with Crippen molar-refractivity contribution in [3.8, 4) is 0 Å². The molecule has 0 N–H and O–H groups in total. The number of carbonyl (C=O) groups excluding carboxylic acids is 1. The Morgan fingerprint density at radius 3 is 2.24 bits per heavy atom. The zero-order valence-electron chi connectivity index (χ0n) is 11.7. The van der Waals surface area contributed by atoms with E-state index in [1.807, 2.05) is 30.3 Å². The van der Waals surface area contributed by atoms with Gasteiger partial charge in [0.2, 0.25) is 0 Å². The molecule has 2 aromatic carbocycles. The third kappa shape index (κ3) is 4.53. The lowest BCUT2D eigenvalue weighted by atomic mass is 10.0. The zero-order chi connectivity index (χ0) is 15.1. The highest BCUT2D eigenvalue weighted by Crippen LogP contribution is 2.14. The Morgan fingerprint density at radius 2 is 1.62 bits per heavy atom. The summed E-state index contributed by atoms with van der Waals surface area (Å²) in [5.74, 6) is 0.166. The number of hydrogen-bond acceptors (Lipinski definition) is 3. The van der Waals surface area contributed by atoms with E-state index >= 15 is 0 Å². The fourth-order valence-corrected chi connectivity index (χ4v) is 2.17. The van der Waals surface area contributed by atoms with Crippen LogP contribution in [0.4, 0.5) is 5.69 Å². The fourth-order valence-electron chi connectivity index (χ4n) is 2.17. The van der Waals surface area contributed by atoms with Gasteiger partial charge in [-0.3, -0.25) is 14.9 Å². The lowest BCUT2D eigenvalue weighted by Crippen LogP contribution is -1.99. The van der Waals surface area contributed by atoms with Crippen LogP contribution in [-0.4, -0.2) is 10.7 Å². The van der Waals surface area contributed by atoms with E-state index < -0.39 is 4.92 Å². The van der Waals surface area contributed by atoms with E-state index in [1.165, 1.54) is 12.1 Å². The zero-order valence-corrected chi connectivity index (χ0v) is 11.7. The third-order valence-corrected chi connectivity index (χ3v) is 3.36. The van der Waals surface area contributed by atoms with Crippen molar-refractivity contribution in [2.45, 2.75) is 25.7 Å². The second-order valence-corrected chi connectivity index (χ2v) is 4.92. The predicted octanol–water partition coefficient (Wildman–Crippen LogP) is 4.19. The van der Waals surface area contributed by atoms with Crippen molar-refractivity contribution in [2.75, 3.05) is 0 Å². The van der Waals surface area contributed by atoms with Gasteiger partial charge in [-0.25, -0.2) is 0 Å². The van der Waals surface area contributed by atoms with E-state index in [0.717, 1.165) is 30.4 Å². The van der Waals surface area contributed by atoms with Gasteiger partial charge >= 0.3 is 0 Å². The first-order valence-corrected chi connectivity index (χ1v) is 6.98. The highest BCUT2D eigenvalue weighted by atomic mass is 16.6. The summed E-state index contributed by atoms with van der Waals surface area (Å²) in [5.41, 5.74) is 1.93. The monoisotopic (exact) mass is 283 g/mol. The maximum absolute atomic E-state index is 11.9. The number of rotatable bonds is 7. The molecular weight excluding hydrogens is 266 g/mol. The number of non-ortho nitro benzene ring substituents is 1. The predicted molar refractivity (Wildman–Crippen MR) is 81.4 cm³/mol. The van der Waals surface area contributed by atoms with Crippen molar-refractivity contribution < 1.29 is 9.72 Å². The number of nitrogens with zero attached hydrogens (tertiary/aromatic N) is 1. The molecule has 0 aliphatic carbocycles. The van der Waals surface area contributed by atoms with Gasteiger partial charge in [0, 0.05) is 24.1 Å². The van der Waals surface area contributed by atoms with Gasteiger partial charge in [-0.2, -0.15) is 0 Å². The molecule has 2 rings (SSSR count). The largest absolute Gasteiger partial charge is 0.294 e. The standard InChI is InChI=1S/C17H17NO3/c19-17(15-7-2-1-3-8-15)9-5-4-6-14-10-12-16(13-11-14)18(20)21/h1-3,7-8,10-13H,4-6,9H2. The second kappa shape index (κ2) is 7.33. The average Bonchev–Trinajstić information content (AvgIpc) is 2.52. The minimum absolute atomic E-state index is 0.109. The lowest BCUT2D eigenvalue weighted by Gasteiger charge is -2.02. The van der Waals surface area contributed by atoms with Gasteiger partial charge in [-0.15, -0.1) is 0 Å². The molecule has 108 valence electrons. The molecule has 0 aliphatic heterocycles. The number of nitro groups is 1. The molecule has 0 fully saturated rings. The quantitative estimate of drug-likeness (QED) is 0.331. The van der Waals surface area contributed by atoms with Gasteiger partial charge in [0.25, 0.3) is 5.69 Å². The molecule has 0 saturated heterocycles. The Hall–Kier alpha value is -2.49. The van der Waals surface area contributed by atoms with Gasteiger partial charge in [-0.1, -0.05) is 42.5 Å². The van der Waals surface area contributed by atoms with Crippen LogP contribution in [0, 0.1) is 10.1 Å². The molecule has 0 heterocycles. The number of aryl methyl sites for hydroxylation is 1. The topological polar surface area (TPSA) is 60.2 Å². The molecule has 0 aliphatic rings. The van der Waals surface area contributed by atoms with Crippen LogP contribution >= 0.6 is 0 Å². The minimum Gasteiger partial charge on any atom is -0.294 e. The Morgan fingerprint density at radius 1 is 0.952 bits per heavy atom. The van der Waals surface area contributed by atoms with Gasteiger partial charge < -0.3 is 0 Å². The van der Waals surface area contributed by atoms with Crippen LogP contribution in [-0.2, 0) is 6.42 Å². The summed E-state index contributed by atoms with van der Waals surface area (Å²) in [6.45, 7) is 0. The normalized spacial score (nSPS) is 10.3. The maximum atomic E-state index is 11.9. The number of nitro benzene ring substituents is 1. The van der Waals surface area contributed by atoms with Crippen LogP contribution in [0.3, 0.4) is 0 Å². The summed E-state index contributed by atoms with van der Waals surface area (Å²) >= 11 is 0. The van der Waals surface area contributed by atoms with Crippen LogP contribution in [0.25, 0.3) is 0 Å². The highest BCUT2D eigenvalue weighted by molar-refractivity contribution is 5.95. The van der Waals surface area contributed by atoms with Gasteiger partial charge in [0.1, 0.15) is 0 Å². The third-order valence-electron chi connectivity index (χ3n) is 3.36. The summed E-state index contributed by atoms with van der Waals surface area (Å²) in [6, 6.07) is 15.9. The second-order valence-electron chi connectivity index (χ2n) is 4.92. The number of benzene rings is 2. The van der Waals surface area contributed by atoms with Crippen LogP contribution in [0.1, 0.15) is 35.2 Å². The molecule has 0 aromatic heterocycles. The average molecular weight is 283 g/mol. The molecule has 21 heavy (non-hydrogen) atoms. The summed E-state index contributed by atoms with van der Waals surface area (Å²) in [4.78, 5) is 22.1. The number of carbonyl (C=O) groups is 1. The molecule has 4 nitrogen and oxygen atoms in total. The van der Waals surface area contributed by atoms with Crippen molar-refractivity contribution in [3.63, 3.8) is 0 Å². The molecule has 0 bridgehead atoms. The van der Waals surface area contributed by atoms with E-state index in [9.17, 15) is 14.9 Å². The van der Waals surface area contributed by atoms with E-state index in [1.54, 1.807) is 12.1 Å². The van der Waals surface area contributed by atoms with Crippen molar-refractivity contribution in [2.24, 2.45) is 0 Å². The van der Waals surface area contributed by atoms with Gasteiger partial charge in [0.05, 0.1) is 4.92 Å². The first-order valence-electron chi connectivity index (χ1n) is 6.98. The van der Waals surface area contributed by atoms with E-state index in [2.05, 4.69) is 0 Å². The highest BCUT2D eigenvalue weighted by Gasteiger charge is 2.06. The van der Waals surface area contributed by atoms with Crippen molar-refractivity contribution >= 4 is 11.5 Å². The Bertz CT molecular complexity index is 606. The summed E-state index contributed by atoms with van der Waals surface area (Å²) in [6.07, 6.45) is 3.10. The lowest BCUT2D eigenvalue weighted by molar-refractivity contribution is -0.384. The first kappa shape index (κ1) is 14.9. The van der Waals surface area contributed by atoms with E-state index in [0.29, 0.717) is 6.42 Å². The Kier molecular flexibility index (Phi) is 5.21. The number of Topliss-reactive ketones (excluding diaryl/α,β-unsaturated/α-hetero) is 1. The Balaban J connectivity index is 1.75. The van der Waals surface area contributed by atoms with Crippen LogP contribution in [0.15, 0.2) is 54.6 Å². The summed E-state index contributed by atoms with van der Waals surface area (Å²) in [5, 5.41) is 10.6. The fraction of sp³-hybridized carbons (Fsp3) is 0.235. The van der Waals surface area contributed by atoms with Crippen LogP contribution in [0.2, 0.25) is 0 Å². The number of ketones is 1. The number of unbranched alkanes of at least 4 members (excludes halogenated alkanes) is 1. The SMILES string of the molecule is O=C(CCCCc1ccc([N+](=O)[O-])cc1)c1ccccc1. The molecule has 0 radical (unpaired) electrons. The molecule has 0 unspecified atom stereocenters. The molecule has 2 aromatic rings. The first-order chi connectivity index (χ1) is 10.2. The van der Waals surface area contributed by atoms with E-state index in [4.69, 9.17) is 0 Å². The van der Waals surface area contributed by atoms with Crippen molar-refractivity contribution in [1.82, 2.24) is 0 Å². The number of hydrogen-bond donors (Lipinski definition) is 0. The molecular formula is C17H17NO3. The molecule has 4 heteroatoms. The summed E-state index contributed by atoms with van der Waals surface area (Å²) in [7, 11) is 0. The maximum Gasteiger partial charge on any atom is 0.269 e. The van der Waals surface area contributed by atoms with Crippen LogP contribution < -0.4 is 0 Å². The van der Waals surface area contributed by atoms with Crippen molar-refractivity contribution in [1.29, 1.82) is 0 Å². The summed E-state index contributed by atoms with van der Waals surface area (Å²) < 4.78 is 0. The van der Waals surface area contributed by atoms with E-state index in [-0.39, 0.29) is 11.5 Å². The Labute approximate surface area is 123 Å². The van der Waals surface area contributed by atoms with Gasteiger partial charge in [0.15, 0.2) is 5.78 Å². The molecule has 0 amide bonds. The molecule has 0 saturated carbocycles. The van der Waals surface area contributed by atoms with Crippen LogP contribution in [0.5, 0.6) is 0 Å². The molecule has 0 spiro atoms. The molecule has 0 atom stereocenters. The smallest absolute Gasteiger partial charge is 0.269 e. The van der Waals surface area contributed by atoms with Gasteiger partial charge in [-0.05, 0) is 24.8 Å². The van der Waals surface area contributed by atoms with Crippen molar-refractivity contribution in [3.05, 3.63) is 75.8 Å². The minimum atomic E-state index is -0.400.